The quantitative estimate of drug-likeness (QED) is 0.139. The molecule has 2 aromatic heterocycles. The first-order valence-electron chi connectivity index (χ1n) is 30.8. The Bertz CT molecular complexity index is 4130. The van der Waals surface area contributed by atoms with E-state index in [1.165, 1.54) is 18.3 Å². The van der Waals surface area contributed by atoms with E-state index in [1.807, 2.05) is 158 Å². The Morgan fingerprint density at radius 1 is 0.586 bits per heavy atom. The van der Waals surface area contributed by atoms with E-state index in [-0.39, 0.29) is 61.0 Å². The van der Waals surface area contributed by atoms with Gasteiger partial charge in [0, 0.05) is 55.0 Å². The number of para-hydroxylation sites is 1. The number of rotatable bonds is 10. The third-order valence-electron chi connectivity index (χ3n) is 12.5. The van der Waals surface area contributed by atoms with E-state index in [1.54, 1.807) is 6.07 Å². The van der Waals surface area contributed by atoms with Crippen molar-refractivity contribution in [1.82, 2.24) is 14.5 Å². The summed E-state index contributed by atoms with van der Waals surface area (Å²) in [5, 5.41) is 12.6. The van der Waals surface area contributed by atoms with E-state index in [0.717, 1.165) is 16.7 Å². The third-order valence-corrected chi connectivity index (χ3v) is 12.5. The molecule has 0 aliphatic rings. The molecule has 0 atom stereocenters. The molecule has 0 fully saturated rings. The van der Waals surface area contributed by atoms with Crippen molar-refractivity contribution in [3.63, 3.8) is 0 Å². The minimum Gasteiger partial charge on any atom is -0.507 e. The van der Waals surface area contributed by atoms with Crippen molar-refractivity contribution in [3.8, 4) is 89.7 Å². The van der Waals surface area contributed by atoms with Crippen LogP contribution in [-0.4, -0.2) is 19.6 Å². The molecular formula is C65H58N3OPt-. The second kappa shape index (κ2) is 19.7. The number of phenolic OH excluding ortho intramolecular Hbond substituents is 1. The van der Waals surface area contributed by atoms with Gasteiger partial charge in [0.1, 0.15) is 11.6 Å². The number of nitrogens with zero attached hydrogens (tertiary/aromatic N) is 3. The molecule has 0 spiro atoms. The predicted molar refractivity (Wildman–Crippen MR) is 289 cm³/mol. The van der Waals surface area contributed by atoms with Gasteiger partial charge in [-0.25, -0.2) is 4.98 Å². The number of pyridine rings is 1. The number of aromatic nitrogens is 3. The summed E-state index contributed by atoms with van der Waals surface area (Å²) in [6, 6.07) is 47.9. The maximum atomic E-state index is 12.6. The summed E-state index contributed by atoms with van der Waals surface area (Å²) in [6.45, 7) is -5.88. The zero-order valence-electron chi connectivity index (χ0n) is 54.8. The number of imidazole rings is 1. The van der Waals surface area contributed by atoms with Gasteiger partial charge in [-0.3, -0.25) is 9.55 Å². The van der Waals surface area contributed by atoms with Crippen LogP contribution in [0.4, 0.5) is 0 Å². The number of fused-ring (bicyclic) bond motifs is 1. The van der Waals surface area contributed by atoms with Gasteiger partial charge in [-0.1, -0.05) is 204 Å². The van der Waals surface area contributed by atoms with E-state index in [9.17, 15) is 7.85 Å². The maximum absolute atomic E-state index is 12.6. The van der Waals surface area contributed by atoms with Crippen LogP contribution in [-0.2, 0) is 26.5 Å². The van der Waals surface area contributed by atoms with E-state index in [0.29, 0.717) is 72.6 Å². The Labute approximate surface area is 450 Å². The molecule has 0 bridgehead atoms. The molecule has 2 heterocycles. The zero-order valence-corrected chi connectivity index (χ0v) is 41.1. The first kappa shape index (κ1) is 31.9. The summed E-state index contributed by atoms with van der Waals surface area (Å²) in [5.41, 5.74) is 4.33. The number of aromatic hydroxyl groups is 1. The standard InChI is InChI=1S/C65H58N3O.Pt/c1-41(2)49-37-55(42(3)4)63(69)58(38-49)64-67-62-54(25-18-26-60(62)68(64)61-40-56(46-21-14-10-15-22-46)43(5)33-57(61)47-23-16-11-17-24-47)51-34-50(44-19-12-9-13-20-44)35-52(36-51)59-39-48(31-32-66-59)45-27-29-53(30-28-45)65(6,7)8;/h9-35,37-42,69H,1-8H3;/q-1;/i5D3,6D3,7D3,8D3,27D,28D,29D,30D;. The zero-order chi connectivity index (χ0) is 61.5. The first-order chi connectivity index (χ1) is 40.0. The fourth-order valence-corrected chi connectivity index (χ4v) is 8.87. The molecule has 0 radical (unpaired) electrons. The maximum Gasteiger partial charge on any atom is 0.148 e. The van der Waals surface area contributed by atoms with Gasteiger partial charge in [0.15, 0.2) is 0 Å². The molecule has 350 valence electrons. The van der Waals surface area contributed by atoms with Gasteiger partial charge in [0.25, 0.3) is 0 Å². The molecule has 10 rings (SSSR count). The Morgan fingerprint density at radius 2 is 1.24 bits per heavy atom. The average molecular weight is 1110 g/mol. The SMILES string of the molecule is [2H]c1c([2H])c(C(C([2H])([2H])[2H])(C([2H])([2H])[2H])C([2H])([2H])[2H])c([2H])c([2H])c1-c1ccnc(-c2[c-]c(-c3cccc4c3nc(-c3cc(C(C)C)cc(C(C)C)c3O)n4-c3cc(-c4ccccc4)c(C([2H])([2H])[2H])cc3-c3ccccc3)cc(-c3ccccc3)c2)c1.[Pt]. The van der Waals surface area contributed by atoms with Crippen molar-refractivity contribution in [3.05, 3.63) is 216 Å². The summed E-state index contributed by atoms with van der Waals surface area (Å²) in [6.07, 6.45) is 1.38. The smallest absolute Gasteiger partial charge is 0.148 e. The monoisotopic (exact) mass is 1110 g/mol. The van der Waals surface area contributed by atoms with Gasteiger partial charge in [-0.2, -0.15) is 0 Å². The Balaban J connectivity index is 0.00000884. The normalized spacial score (nSPS) is 15.7. The molecule has 0 aliphatic heterocycles. The minimum absolute atomic E-state index is 0. The van der Waals surface area contributed by atoms with Crippen LogP contribution in [0.25, 0.3) is 95.0 Å². The van der Waals surface area contributed by atoms with Gasteiger partial charge in [-0.15, -0.1) is 23.8 Å². The van der Waals surface area contributed by atoms with Crippen LogP contribution in [0.2, 0.25) is 0 Å². The molecule has 4 nitrogen and oxygen atoms in total. The second-order valence-corrected chi connectivity index (χ2v) is 17.9. The molecule has 8 aromatic carbocycles. The van der Waals surface area contributed by atoms with Crippen LogP contribution in [0.5, 0.6) is 5.75 Å². The number of phenols is 1. The number of aryl methyl sites for hydroxylation is 1. The van der Waals surface area contributed by atoms with Crippen LogP contribution < -0.4 is 0 Å². The molecule has 70 heavy (non-hydrogen) atoms. The summed E-state index contributed by atoms with van der Waals surface area (Å²) >= 11 is 0. The van der Waals surface area contributed by atoms with E-state index < -0.39 is 62.6 Å². The second-order valence-electron chi connectivity index (χ2n) is 17.9. The van der Waals surface area contributed by atoms with Gasteiger partial charge < -0.3 is 5.11 Å². The molecule has 5 heteroatoms. The van der Waals surface area contributed by atoms with Crippen molar-refractivity contribution >= 4 is 11.0 Å². The van der Waals surface area contributed by atoms with E-state index in [4.69, 9.17) is 29.2 Å². The fraction of sp³-hybridized carbons (Fsp3) is 0.169. The molecule has 0 unspecified atom stereocenters. The van der Waals surface area contributed by atoms with Gasteiger partial charge in [0.2, 0.25) is 0 Å². The summed E-state index contributed by atoms with van der Waals surface area (Å²) in [4.78, 5) is 10.3. The minimum atomic E-state index is -3.84. The molecule has 0 aliphatic carbocycles. The Kier molecular flexibility index (Phi) is 8.97. The molecule has 0 saturated carbocycles. The largest absolute Gasteiger partial charge is 0.507 e. The van der Waals surface area contributed by atoms with Gasteiger partial charge >= 0.3 is 0 Å². The van der Waals surface area contributed by atoms with Crippen LogP contribution in [0.1, 0.15) is 104 Å². The molecule has 0 saturated heterocycles. The Morgan fingerprint density at radius 3 is 1.89 bits per heavy atom. The van der Waals surface area contributed by atoms with Crippen molar-refractivity contribution in [2.24, 2.45) is 0 Å². The van der Waals surface area contributed by atoms with Crippen LogP contribution in [0.3, 0.4) is 0 Å². The first-order valence-corrected chi connectivity index (χ1v) is 22.8. The van der Waals surface area contributed by atoms with Crippen LogP contribution in [0, 0.1) is 12.9 Å². The average Bonchev–Trinajstić information content (AvgIpc) is 0.745. The summed E-state index contributed by atoms with van der Waals surface area (Å²) in [5.74, 6) is 0.354. The van der Waals surface area contributed by atoms with Crippen LogP contribution >= 0.6 is 0 Å². The summed E-state index contributed by atoms with van der Waals surface area (Å²) in [7, 11) is 0. The van der Waals surface area contributed by atoms with Crippen LogP contribution in [0.15, 0.2) is 188 Å². The van der Waals surface area contributed by atoms with Gasteiger partial charge in [0.05, 0.1) is 27.8 Å². The van der Waals surface area contributed by atoms with Crippen molar-refractivity contribution < 1.29 is 48.1 Å². The third kappa shape index (κ3) is 9.34. The Hall–Kier alpha value is -7.13. The molecule has 0 amide bonds. The molecular weight excluding hydrogens is 1030 g/mol. The van der Waals surface area contributed by atoms with Crippen molar-refractivity contribution in [1.29, 1.82) is 0 Å². The van der Waals surface area contributed by atoms with E-state index >= 15 is 0 Å². The summed E-state index contributed by atoms with van der Waals surface area (Å²) < 4.78 is 140. The number of hydrogen-bond donors (Lipinski definition) is 1. The number of hydrogen-bond acceptors (Lipinski definition) is 3. The predicted octanol–water partition coefficient (Wildman–Crippen LogP) is 17.4. The molecule has 1 N–H and O–H groups in total. The number of benzene rings is 8. The fourth-order valence-electron chi connectivity index (χ4n) is 8.87. The molecule has 10 aromatic rings. The van der Waals surface area contributed by atoms with E-state index in [2.05, 4.69) is 19.9 Å². The van der Waals surface area contributed by atoms with Gasteiger partial charge in [-0.05, 0) is 110 Å². The van der Waals surface area contributed by atoms with Crippen molar-refractivity contribution in [2.45, 2.75) is 72.4 Å². The topological polar surface area (TPSA) is 50.9 Å². The van der Waals surface area contributed by atoms with Crippen molar-refractivity contribution in [2.75, 3.05) is 0 Å².